The molecule has 0 spiro atoms. The maximum Gasteiger partial charge on any atom is 0.412 e. The predicted octanol–water partition coefficient (Wildman–Crippen LogP) is 4.92. The van der Waals surface area contributed by atoms with Gasteiger partial charge in [0.05, 0.1) is 17.4 Å². The first-order valence-electron chi connectivity index (χ1n) is 8.71. The van der Waals surface area contributed by atoms with Gasteiger partial charge in [-0.3, -0.25) is 14.9 Å². The molecule has 0 aliphatic rings. The highest BCUT2D eigenvalue weighted by Crippen LogP contribution is 2.27. The summed E-state index contributed by atoms with van der Waals surface area (Å²) < 4.78 is 7.35. The van der Waals surface area contributed by atoms with Crippen molar-refractivity contribution in [1.82, 2.24) is 14.5 Å². The molecule has 6 nitrogen and oxygen atoms in total. The normalized spacial score (nSPS) is 11.7. The van der Waals surface area contributed by atoms with Crippen LogP contribution < -0.4 is 5.32 Å². The van der Waals surface area contributed by atoms with Gasteiger partial charge in [-0.25, -0.2) is 9.78 Å². The molecule has 4 aromatic rings. The third kappa shape index (κ3) is 3.46. The molecule has 1 aromatic carbocycles. The van der Waals surface area contributed by atoms with Gasteiger partial charge < -0.3 is 4.74 Å². The molecule has 0 saturated heterocycles. The average Bonchev–Trinajstić information content (AvgIpc) is 3.04. The van der Waals surface area contributed by atoms with Crippen LogP contribution in [0.5, 0.6) is 0 Å². The van der Waals surface area contributed by atoms with Gasteiger partial charge in [-0.2, -0.15) is 0 Å². The lowest BCUT2D eigenvalue weighted by atomic mass is 10.1. The molecule has 6 heteroatoms. The first-order chi connectivity index (χ1) is 12.9. The fourth-order valence-corrected chi connectivity index (χ4v) is 2.99. The van der Waals surface area contributed by atoms with Crippen molar-refractivity contribution in [1.29, 1.82) is 0 Å². The molecule has 0 radical (unpaired) electrons. The number of hydrogen-bond acceptors (Lipinski definition) is 4. The fourth-order valence-electron chi connectivity index (χ4n) is 2.99. The zero-order chi connectivity index (χ0) is 19.0. The van der Waals surface area contributed by atoms with Crippen LogP contribution in [0, 0.1) is 0 Å². The first kappa shape index (κ1) is 17.0. The van der Waals surface area contributed by atoms with E-state index in [1.54, 1.807) is 12.4 Å². The van der Waals surface area contributed by atoms with E-state index < -0.39 is 11.7 Å². The Labute approximate surface area is 156 Å². The molecule has 136 valence electrons. The second-order valence-electron chi connectivity index (χ2n) is 7.32. The summed E-state index contributed by atoms with van der Waals surface area (Å²) in [5, 5.41) is 5.75. The van der Waals surface area contributed by atoms with E-state index in [4.69, 9.17) is 4.74 Å². The Balaban J connectivity index is 1.76. The number of nitrogens with one attached hydrogen (secondary N) is 1. The van der Waals surface area contributed by atoms with Crippen molar-refractivity contribution in [2.75, 3.05) is 5.32 Å². The summed E-state index contributed by atoms with van der Waals surface area (Å²) in [5.41, 5.74) is 1.10. The van der Waals surface area contributed by atoms with E-state index in [0.29, 0.717) is 5.69 Å². The number of anilines is 1. The second kappa shape index (κ2) is 6.39. The molecular weight excluding hydrogens is 340 g/mol. The van der Waals surface area contributed by atoms with Gasteiger partial charge in [0.25, 0.3) is 0 Å². The highest BCUT2D eigenvalue weighted by Gasteiger charge is 2.17. The van der Waals surface area contributed by atoms with Crippen LogP contribution >= 0.6 is 0 Å². The largest absolute Gasteiger partial charge is 0.444 e. The van der Waals surface area contributed by atoms with E-state index in [0.717, 1.165) is 27.5 Å². The van der Waals surface area contributed by atoms with Gasteiger partial charge in [-0.1, -0.05) is 12.1 Å². The monoisotopic (exact) mass is 360 g/mol. The summed E-state index contributed by atoms with van der Waals surface area (Å²) in [5.74, 6) is 0.754. The molecule has 0 bridgehead atoms. The third-order valence-electron chi connectivity index (χ3n) is 4.13. The van der Waals surface area contributed by atoms with Crippen LogP contribution in [0.25, 0.3) is 27.5 Å². The maximum absolute atomic E-state index is 12.2. The Kier molecular flexibility index (Phi) is 4.03. The lowest BCUT2D eigenvalue weighted by molar-refractivity contribution is 0.0636. The second-order valence-corrected chi connectivity index (χ2v) is 7.32. The predicted molar refractivity (Wildman–Crippen MR) is 106 cm³/mol. The molecule has 0 saturated carbocycles. The van der Waals surface area contributed by atoms with E-state index in [1.165, 1.54) is 0 Å². The molecule has 0 unspecified atom stereocenters. The number of benzene rings is 1. The number of pyridine rings is 2. The van der Waals surface area contributed by atoms with Crippen LogP contribution in [0.4, 0.5) is 10.5 Å². The zero-order valence-electron chi connectivity index (χ0n) is 15.4. The van der Waals surface area contributed by atoms with Gasteiger partial charge in [-0.15, -0.1) is 0 Å². The van der Waals surface area contributed by atoms with E-state index in [1.807, 2.05) is 74.1 Å². The SMILES string of the molecule is CC(C)(C)OC(=O)Nc1cccc2cnc(-n3ccc4ccncc43)cc12. The van der Waals surface area contributed by atoms with Crippen LogP contribution in [0.15, 0.2) is 61.2 Å². The first-order valence-corrected chi connectivity index (χ1v) is 8.71. The third-order valence-corrected chi connectivity index (χ3v) is 4.13. The summed E-state index contributed by atoms with van der Waals surface area (Å²) in [6.45, 7) is 5.51. The van der Waals surface area contributed by atoms with Gasteiger partial charge in [0, 0.05) is 34.7 Å². The van der Waals surface area contributed by atoms with Crippen molar-refractivity contribution in [3.63, 3.8) is 0 Å². The van der Waals surface area contributed by atoms with Crippen LogP contribution in [0.1, 0.15) is 20.8 Å². The molecule has 27 heavy (non-hydrogen) atoms. The highest BCUT2D eigenvalue weighted by atomic mass is 16.6. The Hall–Kier alpha value is -3.41. The number of carbonyl (C=O) groups excluding carboxylic acids is 1. The molecule has 0 aliphatic heterocycles. The van der Waals surface area contributed by atoms with E-state index in [9.17, 15) is 4.79 Å². The van der Waals surface area contributed by atoms with E-state index >= 15 is 0 Å². The van der Waals surface area contributed by atoms with Gasteiger partial charge in [0.15, 0.2) is 0 Å². The number of aromatic nitrogens is 3. The molecule has 0 fully saturated rings. The summed E-state index contributed by atoms with van der Waals surface area (Å²) in [4.78, 5) is 21.0. The number of carbonyl (C=O) groups is 1. The van der Waals surface area contributed by atoms with Gasteiger partial charge in [0.1, 0.15) is 11.4 Å². The fraction of sp³-hybridized carbons (Fsp3) is 0.190. The van der Waals surface area contributed by atoms with Gasteiger partial charge >= 0.3 is 6.09 Å². The molecular formula is C21H20N4O2. The van der Waals surface area contributed by atoms with E-state index in [-0.39, 0.29) is 0 Å². The van der Waals surface area contributed by atoms with Crippen LogP contribution in [0.2, 0.25) is 0 Å². The average molecular weight is 360 g/mol. The minimum atomic E-state index is -0.557. The Bertz CT molecular complexity index is 1140. The summed E-state index contributed by atoms with van der Waals surface area (Å²) in [6.07, 6.45) is 6.86. The Morgan fingerprint density at radius 3 is 2.78 bits per heavy atom. The minimum Gasteiger partial charge on any atom is -0.444 e. The number of nitrogens with zero attached hydrogens (tertiary/aromatic N) is 3. The number of hydrogen-bond donors (Lipinski definition) is 1. The summed E-state index contributed by atoms with van der Waals surface area (Å²) in [7, 11) is 0. The van der Waals surface area contributed by atoms with E-state index in [2.05, 4.69) is 15.3 Å². The minimum absolute atomic E-state index is 0.482. The lowest BCUT2D eigenvalue weighted by Crippen LogP contribution is -2.27. The molecule has 1 N–H and O–H groups in total. The van der Waals surface area contributed by atoms with Crippen molar-refractivity contribution in [3.8, 4) is 5.82 Å². The van der Waals surface area contributed by atoms with Crippen LogP contribution in [-0.2, 0) is 4.74 Å². The molecule has 0 atom stereocenters. The molecule has 3 aromatic heterocycles. The van der Waals surface area contributed by atoms with Gasteiger partial charge in [-0.05, 0) is 45.0 Å². The summed E-state index contributed by atoms with van der Waals surface area (Å²) in [6, 6.07) is 11.6. The van der Waals surface area contributed by atoms with Crippen LogP contribution in [0.3, 0.4) is 0 Å². The molecule has 0 aliphatic carbocycles. The number of amides is 1. The quantitative estimate of drug-likeness (QED) is 0.551. The van der Waals surface area contributed by atoms with Crippen molar-refractivity contribution in [2.45, 2.75) is 26.4 Å². The van der Waals surface area contributed by atoms with Crippen molar-refractivity contribution in [3.05, 3.63) is 61.2 Å². The Morgan fingerprint density at radius 1 is 1.11 bits per heavy atom. The smallest absolute Gasteiger partial charge is 0.412 e. The van der Waals surface area contributed by atoms with Gasteiger partial charge in [0.2, 0.25) is 0 Å². The number of ether oxygens (including phenoxy) is 1. The lowest BCUT2D eigenvalue weighted by Gasteiger charge is -2.20. The molecule has 4 rings (SSSR count). The standard InChI is InChI=1S/C21H20N4O2/c1-21(2,3)27-20(26)24-17-6-4-5-15-12-23-19(11-16(15)17)25-10-8-14-7-9-22-13-18(14)25/h4-13H,1-3H3,(H,24,26). The Morgan fingerprint density at radius 2 is 1.96 bits per heavy atom. The number of fused-ring (bicyclic) bond motifs is 2. The van der Waals surface area contributed by atoms with Crippen molar-refractivity contribution in [2.24, 2.45) is 0 Å². The van der Waals surface area contributed by atoms with Crippen molar-refractivity contribution >= 4 is 33.5 Å². The van der Waals surface area contributed by atoms with Crippen LogP contribution in [-0.4, -0.2) is 26.2 Å². The maximum atomic E-state index is 12.2. The zero-order valence-corrected chi connectivity index (χ0v) is 15.4. The number of rotatable bonds is 2. The topological polar surface area (TPSA) is 69.0 Å². The molecule has 1 amide bonds. The van der Waals surface area contributed by atoms with Crippen molar-refractivity contribution < 1.29 is 9.53 Å². The molecule has 3 heterocycles. The summed E-state index contributed by atoms with van der Waals surface area (Å²) >= 11 is 0. The highest BCUT2D eigenvalue weighted by molar-refractivity contribution is 6.00.